The molecule has 6 heteroatoms. The molecule has 0 unspecified atom stereocenters. The Morgan fingerprint density at radius 3 is 2.83 bits per heavy atom. The van der Waals surface area contributed by atoms with Crippen molar-refractivity contribution in [3.8, 4) is 0 Å². The molecule has 0 saturated heterocycles. The van der Waals surface area contributed by atoms with Crippen LogP contribution in [0.1, 0.15) is 20.8 Å². The van der Waals surface area contributed by atoms with E-state index in [0.717, 1.165) is 0 Å². The molecule has 0 aromatic heterocycles. The van der Waals surface area contributed by atoms with Crippen molar-refractivity contribution in [2.24, 2.45) is 5.73 Å². The van der Waals surface area contributed by atoms with Crippen molar-refractivity contribution in [3.63, 3.8) is 0 Å². The van der Waals surface area contributed by atoms with Crippen LogP contribution in [0.2, 0.25) is 0 Å². The van der Waals surface area contributed by atoms with Crippen LogP contribution < -0.4 is 16.4 Å². The molecule has 5 N–H and O–H groups in total. The van der Waals surface area contributed by atoms with Gasteiger partial charge in [0.2, 0.25) is 0 Å². The summed E-state index contributed by atoms with van der Waals surface area (Å²) in [5.74, 6) is 0.452. The third-order valence-corrected chi connectivity index (χ3v) is 2.12. The molecule has 1 amide bonds. The van der Waals surface area contributed by atoms with Crippen LogP contribution >= 0.6 is 0 Å². The molecule has 1 rings (SSSR count). The predicted molar refractivity (Wildman–Crippen MR) is 70.3 cm³/mol. The number of nitrogens with one attached hydrogen (secondary N) is 3. The number of carbonyl (C=O) groups excluding carboxylic acids is 1. The summed E-state index contributed by atoms with van der Waals surface area (Å²) in [5, 5.41) is 13.3. The average Bonchev–Trinajstić information content (AvgIpc) is 2.24. The zero-order valence-electron chi connectivity index (χ0n) is 11.0. The first-order chi connectivity index (χ1) is 8.29. The molecule has 0 aromatic rings. The van der Waals surface area contributed by atoms with E-state index in [4.69, 9.17) is 15.9 Å². The van der Waals surface area contributed by atoms with Gasteiger partial charge < -0.3 is 26.5 Å². The van der Waals surface area contributed by atoms with Gasteiger partial charge in [0.25, 0.3) is 0 Å². The number of dihydropyridines is 1. The summed E-state index contributed by atoms with van der Waals surface area (Å²) in [7, 11) is 0. The molecule has 0 aromatic carbocycles. The first-order valence-electron chi connectivity index (χ1n) is 5.74. The second kappa shape index (κ2) is 5.57. The van der Waals surface area contributed by atoms with Gasteiger partial charge in [-0.3, -0.25) is 0 Å². The second-order valence-electron chi connectivity index (χ2n) is 4.94. The second-order valence-corrected chi connectivity index (χ2v) is 4.94. The fourth-order valence-corrected chi connectivity index (χ4v) is 1.36. The average molecular weight is 252 g/mol. The highest BCUT2D eigenvalue weighted by molar-refractivity contribution is 6.03. The number of alkyl carbamates (subject to hydrolysis) is 1. The van der Waals surface area contributed by atoms with Crippen molar-refractivity contribution in [1.82, 2.24) is 10.6 Å². The third-order valence-electron chi connectivity index (χ3n) is 2.12. The molecule has 1 heterocycles. The molecule has 0 atom stereocenters. The molecule has 0 fully saturated rings. The van der Waals surface area contributed by atoms with E-state index >= 15 is 0 Å². The lowest BCUT2D eigenvalue weighted by Crippen LogP contribution is -2.37. The summed E-state index contributed by atoms with van der Waals surface area (Å²) in [6.07, 6.45) is 3.10. The molecule has 6 nitrogen and oxygen atoms in total. The molecule has 18 heavy (non-hydrogen) atoms. The van der Waals surface area contributed by atoms with Crippen LogP contribution in [0, 0.1) is 5.41 Å². The zero-order valence-corrected chi connectivity index (χ0v) is 11.0. The maximum atomic E-state index is 11.4. The lowest BCUT2D eigenvalue weighted by Gasteiger charge is -2.20. The highest BCUT2D eigenvalue weighted by Gasteiger charge is 2.17. The monoisotopic (exact) mass is 252 g/mol. The number of allylic oxidation sites excluding steroid dienone is 1. The molecule has 1 aliphatic rings. The fourth-order valence-electron chi connectivity index (χ4n) is 1.36. The van der Waals surface area contributed by atoms with E-state index in [0.29, 0.717) is 17.9 Å². The van der Waals surface area contributed by atoms with Gasteiger partial charge in [-0.15, -0.1) is 0 Å². The maximum absolute atomic E-state index is 11.4. The number of nitrogens with two attached hydrogens (primary N) is 1. The van der Waals surface area contributed by atoms with Gasteiger partial charge >= 0.3 is 6.09 Å². The van der Waals surface area contributed by atoms with Crippen LogP contribution in [-0.4, -0.2) is 30.5 Å². The van der Waals surface area contributed by atoms with Gasteiger partial charge in [0.1, 0.15) is 11.4 Å². The fraction of sp³-hybridized carbons (Fsp3) is 0.500. The molecule has 0 spiro atoms. The van der Waals surface area contributed by atoms with E-state index < -0.39 is 11.7 Å². The minimum absolute atomic E-state index is 0.0803. The Balaban J connectivity index is 2.47. The SMILES string of the molecule is CC(C)(C)OC(=O)NCC(=N)C1=C(N)NCC=C1. The summed E-state index contributed by atoms with van der Waals surface area (Å²) in [6.45, 7) is 6.09. The van der Waals surface area contributed by atoms with Crippen molar-refractivity contribution in [2.75, 3.05) is 13.1 Å². The van der Waals surface area contributed by atoms with E-state index in [9.17, 15) is 4.79 Å². The minimum atomic E-state index is -0.545. The number of carbonyl (C=O) groups is 1. The predicted octanol–water partition coefficient (Wildman–Crippen LogP) is 0.861. The van der Waals surface area contributed by atoms with Crippen molar-refractivity contribution in [1.29, 1.82) is 5.41 Å². The topological polar surface area (TPSA) is 100 Å². The molecule has 0 radical (unpaired) electrons. The number of hydrogen-bond donors (Lipinski definition) is 4. The summed E-state index contributed by atoms with van der Waals surface area (Å²) in [5.41, 5.74) is 6.01. The van der Waals surface area contributed by atoms with E-state index in [-0.39, 0.29) is 12.3 Å². The quantitative estimate of drug-likeness (QED) is 0.560. The van der Waals surface area contributed by atoms with Crippen molar-refractivity contribution < 1.29 is 9.53 Å². The van der Waals surface area contributed by atoms with Crippen LogP contribution in [-0.2, 0) is 4.74 Å². The van der Waals surface area contributed by atoms with Crippen LogP contribution in [0.25, 0.3) is 0 Å². The van der Waals surface area contributed by atoms with Gasteiger partial charge in [-0.25, -0.2) is 4.79 Å². The van der Waals surface area contributed by atoms with Crippen molar-refractivity contribution in [2.45, 2.75) is 26.4 Å². The summed E-state index contributed by atoms with van der Waals surface area (Å²) >= 11 is 0. The Morgan fingerprint density at radius 2 is 2.28 bits per heavy atom. The van der Waals surface area contributed by atoms with Gasteiger partial charge in [0, 0.05) is 12.1 Å². The molecular formula is C12H20N4O2. The van der Waals surface area contributed by atoms with Crippen LogP contribution in [0.5, 0.6) is 0 Å². The molecule has 1 aliphatic heterocycles. The minimum Gasteiger partial charge on any atom is -0.444 e. The lowest BCUT2D eigenvalue weighted by molar-refractivity contribution is 0.0536. The van der Waals surface area contributed by atoms with E-state index in [1.54, 1.807) is 26.8 Å². The van der Waals surface area contributed by atoms with Gasteiger partial charge in [-0.2, -0.15) is 0 Å². The van der Waals surface area contributed by atoms with E-state index in [1.807, 2.05) is 6.08 Å². The summed E-state index contributed by atoms with van der Waals surface area (Å²) in [6, 6.07) is 0. The maximum Gasteiger partial charge on any atom is 0.407 e. The molecule has 0 bridgehead atoms. The van der Waals surface area contributed by atoms with Gasteiger partial charge in [0.05, 0.1) is 12.3 Å². The number of ether oxygens (including phenoxy) is 1. The van der Waals surface area contributed by atoms with Gasteiger partial charge in [-0.1, -0.05) is 12.2 Å². The summed E-state index contributed by atoms with van der Waals surface area (Å²) in [4.78, 5) is 11.4. The standard InChI is InChI=1S/C12H20N4O2/c1-12(2,3)18-11(17)16-7-9(13)8-5-4-6-15-10(8)14/h4-5,13,15H,6-7,14H2,1-3H3,(H,16,17). The van der Waals surface area contributed by atoms with E-state index in [2.05, 4.69) is 10.6 Å². The molecular weight excluding hydrogens is 232 g/mol. The Kier molecular flexibility index (Phi) is 4.36. The Hall–Kier alpha value is -1.98. The third kappa shape index (κ3) is 4.48. The first-order valence-corrected chi connectivity index (χ1v) is 5.74. The molecule has 100 valence electrons. The normalized spacial score (nSPS) is 15.1. The Bertz CT molecular complexity index is 405. The smallest absolute Gasteiger partial charge is 0.407 e. The van der Waals surface area contributed by atoms with Gasteiger partial charge in [-0.05, 0) is 20.8 Å². The number of amides is 1. The summed E-state index contributed by atoms with van der Waals surface area (Å²) < 4.78 is 5.07. The first kappa shape index (κ1) is 14.1. The van der Waals surface area contributed by atoms with Gasteiger partial charge in [0.15, 0.2) is 0 Å². The highest BCUT2D eigenvalue weighted by atomic mass is 16.6. The Labute approximate surface area is 107 Å². The largest absolute Gasteiger partial charge is 0.444 e. The number of rotatable bonds is 3. The van der Waals surface area contributed by atoms with Crippen molar-refractivity contribution in [3.05, 3.63) is 23.5 Å². The lowest BCUT2D eigenvalue weighted by atomic mass is 10.1. The van der Waals surface area contributed by atoms with Crippen LogP contribution in [0.15, 0.2) is 23.5 Å². The van der Waals surface area contributed by atoms with Crippen molar-refractivity contribution >= 4 is 11.8 Å². The molecule has 0 saturated carbocycles. The Morgan fingerprint density at radius 1 is 1.61 bits per heavy atom. The van der Waals surface area contributed by atoms with E-state index in [1.165, 1.54) is 0 Å². The van der Waals surface area contributed by atoms with Crippen LogP contribution in [0.4, 0.5) is 4.79 Å². The van der Waals surface area contributed by atoms with Crippen LogP contribution in [0.3, 0.4) is 0 Å². The molecule has 0 aliphatic carbocycles. The highest BCUT2D eigenvalue weighted by Crippen LogP contribution is 2.07. The number of hydrogen-bond acceptors (Lipinski definition) is 5. The zero-order chi connectivity index (χ0) is 13.8.